The Kier molecular flexibility index (Phi) is 5.47. The first-order chi connectivity index (χ1) is 17.0. The molecule has 4 heteroatoms. The fraction of sp³-hybridized carbons (Fsp3) is 0.355. The maximum atomic E-state index is 13.3. The van der Waals surface area contributed by atoms with Crippen LogP contribution in [0.2, 0.25) is 0 Å². The fourth-order valence-electron chi connectivity index (χ4n) is 6.67. The van der Waals surface area contributed by atoms with Crippen molar-refractivity contribution >= 4 is 11.9 Å². The number of nitrogens with zero attached hydrogens (tertiary/aromatic N) is 1. The van der Waals surface area contributed by atoms with Crippen LogP contribution in [0.25, 0.3) is 11.1 Å². The molecule has 0 aromatic heterocycles. The number of ketones is 1. The third-order valence-corrected chi connectivity index (χ3v) is 8.30. The fourth-order valence-corrected chi connectivity index (χ4v) is 6.67. The van der Waals surface area contributed by atoms with Crippen LogP contribution < -0.4 is 0 Å². The number of piperidine rings is 1. The molecule has 4 nitrogen and oxygen atoms in total. The van der Waals surface area contributed by atoms with Crippen molar-refractivity contribution in [2.45, 2.75) is 57.5 Å². The number of carbonyl (C=O) groups is 2. The molecule has 2 fully saturated rings. The lowest BCUT2D eigenvalue weighted by Gasteiger charge is -2.38. The molecule has 1 aliphatic carbocycles. The Balaban J connectivity index is 1.15. The van der Waals surface area contributed by atoms with E-state index in [1.165, 1.54) is 27.8 Å². The molecular weight excluding hydrogens is 434 g/mol. The summed E-state index contributed by atoms with van der Waals surface area (Å²) in [5, 5.41) is 0. The molecule has 1 amide bonds. The van der Waals surface area contributed by atoms with Gasteiger partial charge in [-0.25, -0.2) is 4.79 Å². The van der Waals surface area contributed by atoms with E-state index in [9.17, 15) is 9.59 Å². The van der Waals surface area contributed by atoms with Crippen molar-refractivity contribution < 1.29 is 14.3 Å². The van der Waals surface area contributed by atoms with Crippen LogP contribution in [0.3, 0.4) is 0 Å². The zero-order chi connectivity index (χ0) is 24.1. The number of carbonyl (C=O) groups excluding carboxylic acids is 2. The summed E-state index contributed by atoms with van der Waals surface area (Å²) in [7, 11) is 0. The van der Waals surface area contributed by atoms with E-state index in [0.717, 1.165) is 36.8 Å². The Hall–Kier alpha value is -3.40. The molecule has 3 aromatic rings. The van der Waals surface area contributed by atoms with Crippen LogP contribution in [0.4, 0.5) is 4.79 Å². The van der Waals surface area contributed by atoms with Crippen LogP contribution in [-0.2, 0) is 4.74 Å². The van der Waals surface area contributed by atoms with Crippen molar-refractivity contribution in [3.8, 4) is 11.1 Å². The molecule has 0 radical (unpaired) electrons. The minimum Gasteiger partial charge on any atom is -0.448 e. The third kappa shape index (κ3) is 3.76. The Morgan fingerprint density at radius 3 is 2.06 bits per heavy atom. The number of aryl methyl sites for hydroxylation is 2. The summed E-state index contributed by atoms with van der Waals surface area (Å²) < 4.78 is 5.97. The van der Waals surface area contributed by atoms with Gasteiger partial charge in [0.25, 0.3) is 0 Å². The summed E-state index contributed by atoms with van der Waals surface area (Å²) in [4.78, 5) is 28.6. The smallest absolute Gasteiger partial charge is 0.410 e. The summed E-state index contributed by atoms with van der Waals surface area (Å²) >= 11 is 0. The number of amides is 1. The topological polar surface area (TPSA) is 46.6 Å². The second kappa shape index (κ2) is 8.67. The van der Waals surface area contributed by atoms with Crippen molar-refractivity contribution in [3.05, 3.63) is 94.5 Å². The maximum absolute atomic E-state index is 13.3. The maximum Gasteiger partial charge on any atom is 0.410 e. The summed E-state index contributed by atoms with van der Waals surface area (Å²) in [6.07, 6.45) is 3.13. The number of fused-ring (bicyclic) bond motifs is 5. The zero-order valence-electron chi connectivity index (χ0n) is 20.4. The van der Waals surface area contributed by atoms with Gasteiger partial charge in [-0.15, -0.1) is 0 Å². The number of rotatable bonds is 4. The summed E-state index contributed by atoms with van der Waals surface area (Å²) in [5.41, 5.74) is 7.95. The largest absolute Gasteiger partial charge is 0.448 e. The monoisotopic (exact) mass is 465 g/mol. The minimum atomic E-state index is -0.225. The first-order valence-electron chi connectivity index (χ1n) is 12.8. The first kappa shape index (κ1) is 22.1. The molecule has 2 unspecified atom stereocenters. The van der Waals surface area contributed by atoms with Crippen LogP contribution in [-0.4, -0.2) is 35.5 Å². The van der Waals surface area contributed by atoms with Gasteiger partial charge in [0.05, 0.1) is 0 Å². The van der Waals surface area contributed by atoms with E-state index >= 15 is 0 Å². The molecule has 0 saturated carbocycles. The van der Waals surface area contributed by atoms with Crippen LogP contribution in [0, 0.1) is 19.8 Å². The molecule has 3 aromatic carbocycles. The molecule has 2 saturated heterocycles. The Labute approximate surface area is 206 Å². The van der Waals surface area contributed by atoms with Gasteiger partial charge in [-0.05, 0) is 67.3 Å². The molecular formula is C31H31NO3. The predicted molar refractivity (Wildman–Crippen MR) is 137 cm³/mol. The van der Waals surface area contributed by atoms with Gasteiger partial charge >= 0.3 is 6.09 Å². The highest BCUT2D eigenvalue weighted by Crippen LogP contribution is 2.45. The lowest BCUT2D eigenvalue weighted by atomic mass is 9.83. The van der Waals surface area contributed by atoms with Gasteiger partial charge in [0.1, 0.15) is 6.61 Å². The van der Waals surface area contributed by atoms with E-state index in [-0.39, 0.29) is 35.8 Å². The van der Waals surface area contributed by atoms with E-state index in [0.29, 0.717) is 6.61 Å². The number of hydrogen-bond acceptors (Lipinski definition) is 3. The van der Waals surface area contributed by atoms with Gasteiger partial charge in [0, 0.05) is 29.5 Å². The van der Waals surface area contributed by atoms with Gasteiger partial charge in [-0.3, -0.25) is 4.79 Å². The van der Waals surface area contributed by atoms with Crippen LogP contribution in [0.5, 0.6) is 0 Å². The second-order valence-electron chi connectivity index (χ2n) is 10.4. The highest BCUT2D eigenvalue weighted by Gasteiger charge is 2.46. The van der Waals surface area contributed by atoms with Gasteiger partial charge in [0.2, 0.25) is 0 Å². The molecule has 178 valence electrons. The van der Waals surface area contributed by atoms with Crippen LogP contribution in [0.15, 0.2) is 66.7 Å². The van der Waals surface area contributed by atoms with Crippen molar-refractivity contribution in [2.75, 3.05) is 6.61 Å². The third-order valence-electron chi connectivity index (χ3n) is 8.30. The lowest BCUT2D eigenvalue weighted by Crippen LogP contribution is -2.48. The molecule has 0 N–H and O–H groups in total. The molecule has 3 aliphatic rings. The molecule has 2 bridgehead atoms. The Morgan fingerprint density at radius 1 is 0.857 bits per heavy atom. The van der Waals surface area contributed by atoms with Crippen molar-refractivity contribution in [2.24, 2.45) is 5.92 Å². The molecule has 2 atom stereocenters. The molecule has 35 heavy (non-hydrogen) atoms. The van der Waals surface area contributed by atoms with E-state index in [1.807, 2.05) is 30.9 Å². The standard InChI is InChI=1S/C31H31NO3/c1-19-11-14-24(20(2)15-19)30(33)21-16-22-12-13-23(17-21)32(22)31(34)35-18-29-27-9-5-3-7-25(27)26-8-4-6-10-28(26)29/h3-11,14-15,21-23,29H,12-13,16-18H2,1-2H3. The lowest BCUT2D eigenvalue weighted by molar-refractivity contribution is 0.0505. The first-order valence-corrected chi connectivity index (χ1v) is 12.8. The number of benzene rings is 3. The molecule has 6 rings (SSSR count). The van der Waals surface area contributed by atoms with E-state index in [4.69, 9.17) is 4.74 Å². The van der Waals surface area contributed by atoms with Gasteiger partial charge in [-0.1, -0.05) is 72.3 Å². The quantitative estimate of drug-likeness (QED) is 0.404. The van der Waals surface area contributed by atoms with Crippen molar-refractivity contribution in [1.82, 2.24) is 4.90 Å². The van der Waals surface area contributed by atoms with Gasteiger partial charge < -0.3 is 9.64 Å². The average Bonchev–Trinajstić information content (AvgIpc) is 3.33. The Morgan fingerprint density at radius 2 is 1.46 bits per heavy atom. The van der Waals surface area contributed by atoms with E-state index in [2.05, 4.69) is 54.6 Å². The molecule has 2 heterocycles. The summed E-state index contributed by atoms with van der Waals surface area (Å²) in [6.45, 7) is 4.41. The predicted octanol–water partition coefficient (Wildman–Crippen LogP) is 6.68. The van der Waals surface area contributed by atoms with Gasteiger partial charge in [-0.2, -0.15) is 0 Å². The average molecular weight is 466 g/mol. The number of hydrogen-bond donors (Lipinski definition) is 0. The van der Waals surface area contributed by atoms with Gasteiger partial charge in [0.15, 0.2) is 5.78 Å². The minimum absolute atomic E-state index is 0.0217. The highest BCUT2D eigenvalue weighted by molar-refractivity contribution is 5.99. The molecule has 2 aliphatic heterocycles. The van der Waals surface area contributed by atoms with E-state index in [1.54, 1.807) is 0 Å². The number of ether oxygens (including phenoxy) is 1. The van der Waals surface area contributed by atoms with Crippen LogP contribution in [0.1, 0.15) is 64.2 Å². The van der Waals surface area contributed by atoms with Crippen molar-refractivity contribution in [1.29, 1.82) is 0 Å². The highest BCUT2D eigenvalue weighted by atomic mass is 16.6. The van der Waals surface area contributed by atoms with Crippen molar-refractivity contribution in [3.63, 3.8) is 0 Å². The zero-order valence-corrected chi connectivity index (χ0v) is 20.4. The Bertz CT molecular complexity index is 1250. The molecule has 0 spiro atoms. The normalized spacial score (nSPS) is 22.6. The SMILES string of the molecule is Cc1ccc(C(=O)C2CC3CCC(C2)N3C(=O)OCC2c3ccccc3-c3ccccc32)c(C)c1. The summed E-state index contributed by atoms with van der Waals surface area (Å²) in [5.74, 6) is 0.269. The van der Waals surface area contributed by atoms with E-state index < -0.39 is 0 Å². The van der Waals surface area contributed by atoms with Crippen LogP contribution >= 0.6 is 0 Å². The summed E-state index contributed by atoms with van der Waals surface area (Å²) in [6, 6.07) is 23.0. The number of Topliss-reactive ketones (excluding diaryl/α,β-unsaturated/α-hetero) is 1. The second-order valence-corrected chi connectivity index (χ2v) is 10.4.